The van der Waals surface area contributed by atoms with Crippen LogP contribution >= 0.6 is 0 Å². The van der Waals surface area contributed by atoms with E-state index in [0.717, 1.165) is 50.7 Å². The quantitative estimate of drug-likeness (QED) is 0.768. The average Bonchev–Trinajstić information content (AvgIpc) is 2.61. The molecule has 4 heteroatoms. The first kappa shape index (κ1) is 14.7. The molecule has 1 aromatic heterocycles. The summed E-state index contributed by atoms with van der Waals surface area (Å²) in [5.41, 5.74) is 1.26. The lowest BCUT2D eigenvalue weighted by molar-refractivity contribution is 0.248. The Morgan fingerprint density at radius 2 is 1.86 bits per heavy atom. The number of nitrogens with zero attached hydrogens (tertiary/aromatic N) is 3. The molecule has 0 aliphatic carbocycles. The molecule has 1 aliphatic heterocycles. The number of benzene rings is 1. The largest absolute Gasteiger partial charge is 0.494 e. The Hall–Kier alpha value is -2.20. The molecule has 0 atom stereocenters. The van der Waals surface area contributed by atoms with E-state index in [1.807, 2.05) is 36.4 Å². The Labute approximate surface area is 131 Å². The van der Waals surface area contributed by atoms with Crippen LogP contribution in [0.5, 0.6) is 5.75 Å². The van der Waals surface area contributed by atoms with Gasteiger partial charge in [0.25, 0.3) is 0 Å². The standard InChI is InChI=1S/C18H21N3O/c1-2-6-17(7-3-1)22-15-5-12-21-13-8-16(9-14-21)18-19-10-4-11-20-18/h1-4,6-8,10-11H,5,9,12-15H2. The van der Waals surface area contributed by atoms with Gasteiger partial charge in [-0.15, -0.1) is 0 Å². The first-order valence-electron chi connectivity index (χ1n) is 7.78. The Balaban J connectivity index is 1.40. The third-order valence-corrected chi connectivity index (χ3v) is 3.78. The van der Waals surface area contributed by atoms with E-state index < -0.39 is 0 Å². The van der Waals surface area contributed by atoms with Crippen LogP contribution < -0.4 is 4.74 Å². The maximum Gasteiger partial charge on any atom is 0.154 e. The van der Waals surface area contributed by atoms with Gasteiger partial charge in [0.15, 0.2) is 5.82 Å². The van der Waals surface area contributed by atoms with Gasteiger partial charge < -0.3 is 4.74 Å². The van der Waals surface area contributed by atoms with Crippen LogP contribution in [-0.2, 0) is 0 Å². The first-order chi connectivity index (χ1) is 10.9. The second-order valence-corrected chi connectivity index (χ2v) is 5.37. The predicted octanol–water partition coefficient (Wildman–Crippen LogP) is 3.03. The van der Waals surface area contributed by atoms with Gasteiger partial charge in [-0.25, -0.2) is 9.97 Å². The molecule has 0 bridgehead atoms. The number of hydrogen-bond donors (Lipinski definition) is 0. The molecule has 1 aromatic carbocycles. The molecule has 0 saturated carbocycles. The Kier molecular flexibility index (Phi) is 5.16. The highest BCUT2D eigenvalue weighted by molar-refractivity contribution is 5.60. The van der Waals surface area contributed by atoms with E-state index in [1.165, 1.54) is 5.57 Å². The number of rotatable bonds is 6. The van der Waals surface area contributed by atoms with Crippen molar-refractivity contribution in [1.82, 2.24) is 14.9 Å². The Morgan fingerprint density at radius 3 is 2.59 bits per heavy atom. The fraction of sp³-hybridized carbons (Fsp3) is 0.333. The first-order valence-corrected chi connectivity index (χ1v) is 7.78. The minimum Gasteiger partial charge on any atom is -0.494 e. The van der Waals surface area contributed by atoms with Gasteiger partial charge >= 0.3 is 0 Å². The van der Waals surface area contributed by atoms with E-state index in [4.69, 9.17) is 4.74 Å². The summed E-state index contributed by atoms with van der Waals surface area (Å²) in [5.74, 6) is 1.82. The molecular formula is C18H21N3O. The van der Waals surface area contributed by atoms with Gasteiger partial charge in [-0.05, 0) is 36.6 Å². The maximum atomic E-state index is 5.73. The lowest BCUT2D eigenvalue weighted by Gasteiger charge is -2.25. The van der Waals surface area contributed by atoms with Crippen LogP contribution in [0.15, 0.2) is 54.9 Å². The van der Waals surface area contributed by atoms with Crippen LogP contribution in [-0.4, -0.2) is 41.1 Å². The topological polar surface area (TPSA) is 38.2 Å². The van der Waals surface area contributed by atoms with E-state index in [1.54, 1.807) is 12.4 Å². The molecule has 2 aromatic rings. The van der Waals surface area contributed by atoms with Gasteiger partial charge in [0.05, 0.1) is 6.61 Å². The fourth-order valence-electron chi connectivity index (χ4n) is 2.58. The Morgan fingerprint density at radius 1 is 1.05 bits per heavy atom. The summed E-state index contributed by atoms with van der Waals surface area (Å²) in [5, 5.41) is 0. The highest BCUT2D eigenvalue weighted by Gasteiger charge is 2.13. The summed E-state index contributed by atoms with van der Waals surface area (Å²) < 4.78 is 5.73. The van der Waals surface area contributed by atoms with Crippen LogP contribution in [0, 0.1) is 0 Å². The zero-order valence-electron chi connectivity index (χ0n) is 12.7. The third kappa shape index (κ3) is 4.15. The highest BCUT2D eigenvalue weighted by atomic mass is 16.5. The molecule has 22 heavy (non-hydrogen) atoms. The zero-order chi connectivity index (χ0) is 15.0. The molecule has 1 aliphatic rings. The number of ether oxygens (including phenoxy) is 1. The lowest BCUT2D eigenvalue weighted by Crippen LogP contribution is -2.30. The minimum atomic E-state index is 0.763. The molecule has 0 unspecified atom stereocenters. The van der Waals surface area contributed by atoms with Crippen LogP contribution in [0.25, 0.3) is 5.57 Å². The molecule has 114 valence electrons. The van der Waals surface area contributed by atoms with E-state index >= 15 is 0 Å². The molecule has 0 N–H and O–H groups in total. The van der Waals surface area contributed by atoms with E-state index in [2.05, 4.69) is 20.9 Å². The molecule has 0 fully saturated rings. The summed E-state index contributed by atoms with van der Waals surface area (Å²) in [7, 11) is 0. The molecule has 0 amide bonds. The minimum absolute atomic E-state index is 0.763. The van der Waals surface area contributed by atoms with Crippen molar-refractivity contribution in [2.45, 2.75) is 12.8 Å². The van der Waals surface area contributed by atoms with Crippen LogP contribution in [0.4, 0.5) is 0 Å². The van der Waals surface area contributed by atoms with Crippen molar-refractivity contribution < 1.29 is 4.74 Å². The van der Waals surface area contributed by atoms with Gasteiger partial charge in [-0.1, -0.05) is 24.3 Å². The van der Waals surface area contributed by atoms with Crippen molar-refractivity contribution in [2.24, 2.45) is 0 Å². The van der Waals surface area contributed by atoms with Gasteiger partial charge in [-0.2, -0.15) is 0 Å². The molecule has 0 spiro atoms. The lowest BCUT2D eigenvalue weighted by atomic mass is 10.1. The smallest absolute Gasteiger partial charge is 0.154 e. The van der Waals surface area contributed by atoms with Crippen molar-refractivity contribution in [2.75, 3.05) is 26.2 Å². The third-order valence-electron chi connectivity index (χ3n) is 3.78. The molecular weight excluding hydrogens is 274 g/mol. The van der Waals surface area contributed by atoms with Gasteiger partial charge in [0.1, 0.15) is 5.75 Å². The van der Waals surface area contributed by atoms with Gasteiger partial charge in [-0.3, -0.25) is 4.90 Å². The summed E-state index contributed by atoms with van der Waals surface area (Å²) in [6.45, 7) is 3.86. The summed E-state index contributed by atoms with van der Waals surface area (Å²) in [4.78, 5) is 11.1. The zero-order valence-corrected chi connectivity index (χ0v) is 12.7. The summed E-state index contributed by atoms with van der Waals surface area (Å²) >= 11 is 0. The second kappa shape index (κ2) is 7.71. The molecule has 3 rings (SSSR count). The van der Waals surface area contributed by atoms with Crippen molar-refractivity contribution in [3.8, 4) is 5.75 Å². The van der Waals surface area contributed by atoms with Crippen LogP contribution in [0.2, 0.25) is 0 Å². The molecule has 0 saturated heterocycles. The van der Waals surface area contributed by atoms with Crippen molar-refractivity contribution in [1.29, 1.82) is 0 Å². The molecule has 2 heterocycles. The van der Waals surface area contributed by atoms with Crippen molar-refractivity contribution in [3.63, 3.8) is 0 Å². The number of hydrogen-bond acceptors (Lipinski definition) is 4. The second-order valence-electron chi connectivity index (χ2n) is 5.37. The average molecular weight is 295 g/mol. The normalized spacial score (nSPS) is 15.4. The number of para-hydroxylation sites is 1. The monoisotopic (exact) mass is 295 g/mol. The number of aromatic nitrogens is 2. The summed E-state index contributed by atoms with van der Waals surface area (Å²) in [6, 6.07) is 11.8. The predicted molar refractivity (Wildman–Crippen MR) is 87.6 cm³/mol. The maximum absolute atomic E-state index is 5.73. The van der Waals surface area contributed by atoms with Gasteiger partial charge in [0.2, 0.25) is 0 Å². The van der Waals surface area contributed by atoms with E-state index in [0.29, 0.717) is 0 Å². The van der Waals surface area contributed by atoms with E-state index in [9.17, 15) is 0 Å². The summed E-state index contributed by atoms with van der Waals surface area (Å²) in [6.07, 6.45) is 7.91. The van der Waals surface area contributed by atoms with Gasteiger partial charge in [0, 0.05) is 32.0 Å². The van der Waals surface area contributed by atoms with Crippen molar-refractivity contribution in [3.05, 3.63) is 60.7 Å². The fourth-order valence-corrected chi connectivity index (χ4v) is 2.58. The molecule has 0 radical (unpaired) electrons. The van der Waals surface area contributed by atoms with Crippen LogP contribution in [0.1, 0.15) is 18.7 Å². The Bertz CT molecular complexity index is 598. The SMILES string of the molecule is C1=C(c2ncccn2)CCN(CCCOc2ccccc2)C1. The molecule has 4 nitrogen and oxygen atoms in total. The van der Waals surface area contributed by atoms with Crippen LogP contribution in [0.3, 0.4) is 0 Å². The van der Waals surface area contributed by atoms with E-state index in [-0.39, 0.29) is 0 Å². The highest BCUT2D eigenvalue weighted by Crippen LogP contribution is 2.18. The van der Waals surface area contributed by atoms with Crippen molar-refractivity contribution >= 4 is 5.57 Å².